The number of nitrogens with zero attached hydrogens (tertiary/aromatic N) is 1. The van der Waals surface area contributed by atoms with Crippen LogP contribution in [0.5, 0.6) is 0 Å². The minimum absolute atomic E-state index is 0.0761. The molecule has 1 rings (SSSR count). The van der Waals surface area contributed by atoms with Crippen molar-refractivity contribution in [1.82, 2.24) is 10.6 Å². The molecular weight excluding hydrogens is 238 g/mol. The van der Waals surface area contributed by atoms with Gasteiger partial charge in [0.15, 0.2) is 0 Å². The van der Waals surface area contributed by atoms with E-state index in [0.717, 1.165) is 19.6 Å². The Bertz CT molecular complexity index is 418. The van der Waals surface area contributed by atoms with Crippen LogP contribution in [0.15, 0.2) is 18.2 Å². The van der Waals surface area contributed by atoms with E-state index in [1.165, 1.54) is 16.8 Å². The fourth-order valence-corrected chi connectivity index (χ4v) is 2.00. The van der Waals surface area contributed by atoms with Crippen LogP contribution in [0.4, 0.5) is 5.69 Å². The average molecular weight is 263 g/mol. The summed E-state index contributed by atoms with van der Waals surface area (Å²) in [6.07, 6.45) is 0.515. The summed E-state index contributed by atoms with van der Waals surface area (Å²) in [6.45, 7) is 6.74. The Morgan fingerprint density at radius 3 is 2.74 bits per heavy atom. The molecule has 4 heteroatoms. The molecule has 0 atom stereocenters. The Balaban J connectivity index is 2.76. The van der Waals surface area contributed by atoms with Gasteiger partial charge in [-0.05, 0) is 25.1 Å². The second-order valence-corrected chi connectivity index (χ2v) is 4.76. The summed E-state index contributed by atoms with van der Waals surface area (Å²) in [7, 11) is 3.70. The molecule has 19 heavy (non-hydrogen) atoms. The highest BCUT2D eigenvalue weighted by Crippen LogP contribution is 2.21. The first kappa shape index (κ1) is 15.5. The van der Waals surface area contributed by atoms with E-state index in [1.54, 1.807) is 7.05 Å². The molecule has 0 saturated heterocycles. The van der Waals surface area contributed by atoms with Gasteiger partial charge >= 0.3 is 0 Å². The fraction of sp³-hybridized carbons (Fsp3) is 0.533. The first-order chi connectivity index (χ1) is 9.08. The molecule has 0 fully saturated rings. The number of carbonyl (C=O) groups is 1. The topological polar surface area (TPSA) is 44.4 Å². The van der Waals surface area contributed by atoms with Crippen molar-refractivity contribution >= 4 is 11.6 Å². The smallest absolute Gasteiger partial charge is 0.221 e. The Morgan fingerprint density at radius 2 is 2.11 bits per heavy atom. The maximum atomic E-state index is 11.3. The largest absolute Gasteiger partial charge is 0.374 e. The Kier molecular flexibility index (Phi) is 6.36. The number of aryl methyl sites for hydroxylation is 1. The lowest BCUT2D eigenvalue weighted by molar-refractivity contribution is -0.120. The lowest BCUT2D eigenvalue weighted by Crippen LogP contribution is -2.27. The zero-order valence-corrected chi connectivity index (χ0v) is 12.4. The molecule has 0 aliphatic heterocycles. The summed E-state index contributed by atoms with van der Waals surface area (Å²) in [5.41, 5.74) is 3.73. The first-order valence-corrected chi connectivity index (χ1v) is 6.80. The van der Waals surface area contributed by atoms with E-state index in [-0.39, 0.29) is 5.91 Å². The van der Waals surface area contributed by atoms with Crippen LogP contribution in [0.1, 0.15) is 24.5 Å². The van der Waals surface area contributed by atoms with Gasteiger partial charge in [0.25, 0.3) is 0 Å². The number of rotatable bonds is 7. The molecule has 0 radical (unpaired) electrons. The van der Waals surface area contributed by atoms with Crippen molar-refractivity contribution in [2.75, 3.05) is 32.1 Å². The lowest BCUT2D eigenvalue weighted by Gasteiger charge is -2.23. The molecule has 0 bridgehead atoms. The summed E-state index contributed by atoms with van der Waals surface area (Å²) in [5, 5.41) is 6.01. The number of hydrogen-bond acceptors (Lipinski definition) is 3. The molecule has 0 aliphatic carbocycles. The highest BCUT2D eigenvalue weighted by atomic mass is 16.1. The summed E-state index contributed by atoms with van der Waals surface area (Å²) in [5.74, 6) is 0.0761. The van der Waals surface area contributed by atoms with Crippen molar-refractivity contribution in [3.63, 3.8) is 0 Å². The Hall–Kier alpha value is -1.55. The lowest BCUT2D eigenvalue weighted by atomic mass is 10.1. The number of anilines is 1. The van der Waals surface area contributed by atoms with E-state index >= 15 is 0 Å². The molecule has 0 spiro atoms. The molecule has 106 valence electrons. The third-order valence-electron chi connectivity index (χ3n) is 3.16. The van der Waals surface area contributed by atoms with Crippen molar-refractivity contribution in [1.29, 1.82) is 0 Å². The maximum absolute atomic E-state index is 11.3. The molecule has 1 amide bonds. The van der Waals surface area contributed by atoms with E-state index in [4.69, 9.17) is 0 Å². The minimum atomic E-state index is 0.0761. The summed E-state index contributed by atoms with van der Waals surface area (Å²) in [4.78, 5) is 13.4. The monoisotopic (exact) mass is 263 g/mol. The van der Waals surface area contributed by atoms with Gasteiger partial charge in [-0.3, -0.25) is 4.79 Å². The van der Waals surface area contributed by atoms with Crippen molar-refractivity contribution < 1.29 is 4.79 Å². The number of hydrogen-bond donors (Lipinski definition) is 2. The van der Waals surface area contributed by atoms with Gasteiger partial charge in [0.05, 0.1) is 0 Å². The quantitative estimate of drug-likeness (QED) is 0.786. The van der Waals surface area contributed by atoms with Crippen LogP contribution in [0.25, 0.3) is 0 Å². The molecule has 1 aromatic carbocycles. The molecule has 2 N–H and O–H groups in total. The van der Waals surface area contributed by atoms with Crippen LogP contribution in [-0.2, 0) is 11.3 Å². The molecule has 0 aromatic heterocycles. The van der Waals surface area contributed by atoms with Gasteiger partial charge in [-0.2, -0.15) is 0 Å². The Labute approximate surface area is 116 Å². The molecule has 0 heterocycles. The Morgan fingerprint density at radius 1 is 1.37 bits per heavy atom. The van der Waals surface area contributed by atoms with E-state index in [9.17, 15) is 4.79 Å². The number of amides is 1. The predicted molar refractivity (Wildman–Crippen MR) is 80.5 cm³/mol. The van der Waals surface area contributed by atoms with Crippen LogP contribution < -0.4 is 15.5 Å². The standard InChI is InChI=1S/C15H25N3O/c1-5-17-11-13-10-12(2)6-7-14(13)18(4)9-8-15(19)16-3/h6-7,10,17H,5,8-9,11H2,1-4H3,(H,16,19). The predicted octanol–water partition coefficient (Wildman–Crippen LogP) is 1.68. The second-order valence-electron chi connectivity index (χ2n) is 4.76. The third kappa shape index (κ3) is 4.91. The maximum Gasteiger partial charge on any atom is 0.221 e. The van der Waals surface area contributed by atoms with Crippen LogP contribution >= 0.6 is 0 Å². The van der Waals surface area contributed by atoms with Gasteiger partial charge in [-0.15, -0.1) is 0 Å². The van der Waals surface area contributed by atoms with Gasteiger partial charge in [0.1, 0.15) is 0 Å². The highest BCUT2D eigenvalue weighted by molar-refractivity contribution is 5.76. The summed E-state index contributed by atoms with van der Waals surface area (Å²) < 4.78 is 0. The van der Waals surface area contributed by atoms with E-state index < -0.39 is 0 Å². The van der Waals surface area contributed by atoms with Crippen molar-refractivity contribution in [3.8, 4) is 0 Å². The van der Waals surface area contributed by atoms with Crippen LogP contribution in [-0.4, -0.2) is 33.1 Å². The van der Waals surface area contributed by atoms with Gasteiger partial charge in [-0.25, -0.2) is 0 Å². The van der Waals surface area contributed by atoms with Crippen molar-refractivity contribution in [2.45, 2.75) is 26.8 Å². The van der Waals surface area contributed by atoms with Crippen LogP contribution in [0.2, 0.25) is 0 Å². The second kappa shape index (κ2) is 7.79. The van der Waals surface area contributed by atoms with Gasteiger partial charge in [0.2, 0.25) is 5.91 Å². The molecule has 0 unspecified atom stereocenters. The SMILES string of the molecule is CCNCc1cc(C)ccc1N(C)CCC(=O)NC. The summed E-state index contributed by atoms with van der Waals surface area (Å²) >= 11 is 0. The average Bonchev–Trinajstić information content (AvgIpc) is 2.42. The van der Waals surface area contributed by atoms with Crippen LogP contribution in [0.3, 0.4) is 0 Å². The van der Waals surface area contributed by atoms with Crippen molar-refractivity contribution in [3.05, 3.63) is 29.3 Å². The van der Waals surface area contributed by atoms with E-state index in [2.05, 4.69) is 47.6 Å². The number of nitrogens with one attached hydrogen (secondary N) is 2. The van der Waals surface area contributed by atoms with Crippen LogP contribution in [0, 0.1) is 6.92 Å². The minimum Gasteiger partial charge on any atom is -0.374 e. The normalized spacial score (nSPS) is 10.3. The molecule has 1 aromatic rings. The number of carbonyl (C=O) groups excluding carboxylic acids is 1. The molecular formula is C15H25N3O. The molecule has 0 saturated carbocycles. The molecule has 0 aliphatic rings. The van der Waals surface area contributed by atoms with E-state index in [0.29, 0.717) is 6.42 Å². The van der Waals surface area contributed by atoms with Gasteiger partial charge in [0, 0.05) is 39.3 Å². The zero-order chi connectivity index (χ0) is 14.3. The zero-order valence-electron chi connectivity index (χ0n) is 12.4. The fourth-order valence-electron chi connectivity index (χ4n) is 2.00. The first-order valence-electron chi connectivity index (χ1n) is 6.80. The number of benzene rings is 1. The van der Waals surface area contributed by atoms with E-state index in [1.807, 2.05) is 7.05 Å². The summed E-state index contributed by atoms with van der Waals surface area (Å²) in [6, 6.07) is 6.45. The van der Waals surface area contributed by atoms with Gasteiger partial charge in [-0.1, -0.05) is 24.6 Å². The van der Waals surface area contributed by atoms with Gasteiger partial charge < -0.3 is 15.5 Å². The molecule has 4 nitrogen and oxygen atoms in total. The highest BCUT2D eigenvalue weighted by Gasteiger charge is 2.09. The van der Waals surface area contributed by atoms with Crippen molar-refractivity contribution in [2.24, 2.45) is 0 Å². The third-order valence-corrected chi connectivity index (χ3v) is 3.16.